The van der Waals surface area contributed by atoms with Crippen LogP contribution >= 0.6 is 0 Å². The van der Waals surface area contributed by atoms with E-state index in [1.165, 1.54) is 0 Å². The lowest BCUT2D eigenvalue weighted by molar-refractivity contribution is -0.116. The van der Waals surface area contributed by atoms with Gasteiger partial charge in [-0.3, -0.25) is 9.59 Å². The van der Waals surface area contributed by atoms with Gasteiger partial charge in [-0.15, -0.1) is 0 Å². The van der Waals surface area contributed by atoms with Crippen LogP contribution in [0.2, 0.25) is 0 Å². The summed E-state index contributed by atoms with van der Waals surface area (Å²) in [5.41, 5.74) is 4.58. The zero-order valence-corrected chi connectivity index (χ0v) is 16.0. The molecule has 1 N–H and O–H groups in total. The van der Waals surface area contributed by atoms with Crippen LogP contribution in [0.4, 0.5) is 5.69 Å². The zero-order valence-electron chi connectivity index (χ0n) is 16.0. The van der Waals surface area contributed by atoms with Crippen molar-refractivity contribution in [1.82, 2.24) is 4.98 Å². The van der Waals surface area contributed by atoms with E-state index in [0.29, 0.717) is 22.7 Å². The Morgan fingerprint density at radius 2 is 1.76 bits per heavy atom. The number of nitrogens with zero attached hydrogens (tertiary/aromatic N) is 1. The molecule has 0 spiro atoms. The van der Waals surface area contributed by atoms with Gasteiger partial charge in [0.05, 0.1) is 0 Å². The van der Waals surface area contributed by atoms with Crippen LogP contribution in [0.25, 0.3) is 22.6 Å². The van der Waals surface area contributed by atoms with Gasteiger partial charge in [-0.05, 0) is 31.2 Å². The predicted molar refractivity (Wildman–Crippen MR) is 113 cm³/mol. The number of benzene rings is 3. The third kappa shape index (κ3) is 4.41. The molecular formula is C24H20N2O3. The fourth-order valence-corrected chi connectivity index (χ4v) is 3.12. The molecular weight excluding hydrogens is 364 g/mol. The molecule has 0 bridgehead atoms. The summed E-state index contributed by atoms with van der Waals surface area (Å²) in [7, 11) is 0. The number of oxazole rings is 1. The Balaban J connectivity index is 1.43. The Kier molecular flexibility index (Phi) is 5.20. The lowest BCUT2D eigenvalue weighted by atomic mass is 10.1. The molecule has 5 heteroatoms. The molecule has 144 valence electrons. The largest absolute Gasteiger partial charge is 0.436 e. The molecule has 0 aliphatic rings. The second-order valence-electron chi connectivity index (χ2n) is 6.91. The smallest absolute Gasteiger partial charge is 0.227 e. The van der Waals surface area contributed by atoms with Gasteiger partial charge in [0.15, 0.2) is 11.4 Å². The Hall–Kier alpha value is -3.73. The third-order valence-electron chi connectivity index (χ3n) is 4.61. The molecule has 1 heterocycles. The van der Waals surface area contributed by atoms with E-state index in [2.05, 4.69) is 10.3 Å². The number of carbonyl (C=O) groups excluding carboxylic acids is 2. The Morgan fingerprint density at radius 1 is 0.931 bits per heavy atom. The number of amides is 1. The van der Waals surface area contributed by atoms with Gasteiger partial charge in [-0.25, -0.2) is 4.98 Å². The topological polar surface area (TPSA) is 72.2 Å². The van der Waals surface area contributed by atoms with Gasteiger partial charge in [-0.1, -0.05) is 48.0 Å². The second-order valence-corrected chi connectivity index (χ2v) is 6.91. The number of aryl methyl sites for hydroxylation is 1. The molecule has 0 aliphatic heterocycles. The summed E-state index contributed by atoms with van der Waals surface area (Å²) in [5.74, 6) is 0.280. The number of rotatable bonds is 6. The van der Waals surface area contributed by atoms with Gasteiger partial charge in [0.2, 0.25) is 11.8 Å². The molecule has 4 aromatic rings. The minimum atomic E-state index is -0.216. The van der Waals surface area contributed by atoms with Gasteiger partial charge in [-0.2, -0.15) is 0 Å². The van der Waals surface area contributed by atoms with Crippen molar-refractivity contribution in [1.29, 1.82) is 0 Å². The minimum absolute atomic E-state index is 0.0470. The van der Waals surface area contributed by atoms with E-state index >= 15 is 0 Å². The van der Waals surface area contributed by atoms with Crippen molar-refractivity contribution in [2.24, 2.45) is 0 Å². The summed E-state index contributed by atoms with van der Waals surface area (Å²) < 4.78 is 5.87. The molecule has 0 saturated heterocycles. The molecule has 0 atom stereocenters. The lowest BCUT2D eigenvalue weighted by Gasteiger charge is -2.05. The van der Waals surface area contributed by atoms with Crippen LogP contribution in [-0.4, -0.2) is 16.7 Å². The molecule has 1 aromatic heterocycles. The van der Waals surface area contributed by atoms with Crippen LogP contribution in [0, 0.1) is 6.92 Å². The SMILES string of the molecule is Cc1cccc(-c2nc3ccc(NC(=O)CCC(=O)c4ccccc4)cc3o2)c1. The van der Waals surface area contributed by atoms with Crippen molar-refractivity contribution in [3.63, 3.8) is 0 Å². The van der Waals surface area contributed by atoms with E-state index in [1.807, 2.05) is 55.5 Å². The number of ketones is 1. The molecule has 4 rings (SSSR count). The molecule has 0 radical (unpaired) electrons. The average Bonchev–Trinajstić information content (AvgIpc) is 3.16. The number of anilines is 1. The molecule has 0 saturated carbocycles. The van der Waals surface area contributed by atoms with Crippen LogP contribution in [-0.2, 0) is 4.79 Å². The maximum absolute atomic E-state index is 12.2. The van der Waals surface area contributed by atoms with Crippen molar-refractivity contribution >= 4 is 28.5 Å². The molecule has 0 unspecified atom stereocenters. The first-order valence-electron chi connectivity index (χ1n) is 9.44. The molecule has 3 aromatic carbocycles. The van der Waals surface area contributed by atoms with Crippen molar-refractivity contribution in [2.75, 3.05) is 5.32 Å². The molecule has 0 fully saturated rings. The quantitative estimate of drug-likeness (QED) is 0.452. The van der Waals surface area contributed by atoms with Crippen LogP contribution < -0.4 is 5.32 Å². The summed E-state index contributed by atoms with van der Waals surface area (Å²) in [6, 6.07) is 22.3. The van der Waals surface area contributed by atoms with Crippen molar-refractivity contribution < 1.29 is 14.0 Å². The second kappa shape index (κ2) is 8.10. The third-order valence-corrected chi connectivity index (χ3v) is 4.61. The number of carbonyl (C=O) groups is 2. The summed E-state index contributed by atoms with van der Waals surface area (Å²) in [5, 5.41) is 2.82. The number of fused-ring (bicyclic) bond motifs is 1. The van der Waals surface area contributed by atoms with Gasteiger partial charge < -0.3 is 9.73 Å². The Morgan fingerprint density at radius 3 is 2.55 bits per heavy atom. The maximum Gasteiger partial charge on any atom is 0.227 e. The summed E-state index contributed by atoms with van der Waals surface area (Å²) in [4.78, 5) is 28.9. The average molecular weight is 384 g/mol. The number of nitrogens with one attached hydrogen (secondary N) is 1. The number of aromatic nitrogens is 1. The fraction of sp³-hybridized carbons (Fsp3) is 0.125. The highest BCUT2D eigenvalue weighted by Crippen LogP contribution is 2.27. The fourth-order valence-electron chi connectivity index (χ4n) is 3.12. The van der Waals surface area contributed by atoms with Crippen molar-refractivity contribution in [3.8, 4) is 11.5 Å². The van der Waals surface area contributed by atoms with E-state index in [0.717, 1.165) is 16.6 Å². The predicted octanol–water partition coefficient (Wildman–Crippen LogP) is 5.40. The maximum atomic E-state index is 12.2. The zero-order chi connectivity index (χ0) is 20.2. The van der Waals surface area contributed by atoms with E-state index in [1.54, 1.807) is 24.3 Å². The van der Waals surface area contributed by atoms with Crippen LogP contribution in [0.5, 0.6) is 0 Å². The number of hydrogen-bond acceptors (Lipinski definition) is 4. The Labute approximate surface area is 168 Å². The number of Topliss-reactive ketones (excluding diaryl/α,β-unsaturated/α-hetero) is 1. The molecule has 0 aliphatic carbocycles. The van der Waals surface area contributed by atoms with Crippen LogP contribution in [0.15, 0.2) is 77.2 Å². The molecule has 5 nitrogen and oxygen atoms in total. The normalized spacial score (nSPS) is 10.8. The van der Waals surface area contributed by atoms with Gasteiger partial charge >= 0.3 is 0 Å². The van der Waals surface area contributed by atoms with Crippen LogP contribution in [0.3, 0.4) is 0 Å². The standard InChI is InChI=1S/C24H20N2O3/c1-16-6-5-9-18(14-16)24-26-20-11-10-19(15-22(20)29-24)25-23(28)13-12-21(27)17-7-3-2-4-8-17/h2-11,14-15H,12-13H2,1H3,(H,25,28). The highest BCUT2D eigenvalue weighted by Gasteiger charge is 2.12. The van der Waals surface area contributed by atoms with Gasteiger partial charge in [0, 0.05) is 35.7 Å². The Bertz CT molecular complexity index is 1180. The summed E-state index contributed by atoms with van der Waals surface area (Å²) >= 11 is 0. The highest BCUT2D eigenvalue weighted by atomic mass is 16.3. The number of hydrogen-bond donors (Lipinski definition) is 1. The monoisotopic (exact) mass is 384 g/mol. The molecule has 1 amide bonds. The van der Waals surface area contributed by atoms with E-state index in [9.17, 15) is 9.59 Å². The van der Waals surface area contributed by atoms with Crippen molar-refractivity contribution in [2.45, 2.75) is 19.8 Å². The first-order chi connectivity index (χ1) is 14.1. The minimum Gasteiger partial charge on any atom is -0.436 e. The van der Waals surface area contributed by atoms with Crippen molar-refractivity contribution in [3.05, 3.63) is 83.9 Å². The summed E-state index contributed by atoms with van der Waals surface area (Å²) in [6.07, 6.45) is 0.286. The first kappa shape index (κ1) is 18.6. The molecule has 29 heavy (non-hydrogen) atoms. The van der Waals surface area contributed by atoms with E-state index < -0.39 is 0 Å². The first-order valence-corrected chi connectivity index (χ1v) is 9.44. The van der Waals surface area contributed by atoms with E-state index in [-0.39, 0.29) is 24.5 Å². The van der Waals surface area contributed by atoms with Gasteiger partial charge in [0.25, 0.3) is 0 Å². The lowest BCUT2D eigenvalue weighted by Crippen LogP contribution is -2.13. The van der Waals surface area contributed by atoms with Gasteiger partial charge in [0.1, 0.15) is 5.52 Å². The summed E-state index contributed by atoms with van der Waals surface area (Å²) in [6.45, 7) is 2.02. The van der Waals surface area contributed by atoms with Crippen LogP contribution in [0.1, 0.15) is 28.8 Å². The highest BCUT2D eigenvalue weighted by molar-refractivity contribution is 6.00. The van der Waals surface area contributed by atoms with E-state index in [4.69, 9.17) is 4.42 Å².